The predicted octanol–water partition coefficient (Wildman–Crippen LogP) is 2.75. The molecular formula is C24H19NSi. The number of fused-ring (bicyclic) bond motifs is 3. The third-order valence-electron chi connectivity index (χ3n) is 5.58. The largest absolute Gasteiger partial charge is 0.265 e. The summed E-state index contributed by atoms with van der Waals surface area (Å²) in [4.78, 5) is 4.55. The van der Waals surface area contributed by atoms with E-state index in [0.717, 1.165) is 0 Å². The number of nitrogens with zero attached hydrogens (tertiary/aromatic N) is 1. The Balaban J connectivity index is 2.00. The molecule has 0 saturated heterocycles. The molecule has 0 spiro atoms. The molecule has 1 aliphatic heterocycles. The number of rotatable bonds is 2. The molecule has 0 unspecified atom stereocenters. The fourth-order valence-electron chi connectivity index (χ4n) is 4.56. The molecule has 0 saturated carbocycles. The maximum absolute atomic E-state index is 4.55. The van der Waals surface area contributed by atoms with Crippen molar-refractivity contribution >= 4 is 28.8 Å². The van der Waals surface area contributed by atoms with Gasteiger partial charge in [0.05, 0.1) is 0 Å². The van der Waals surface area contributed by atoms with Gasteiger partial charge in [-0.3, -0.25) is 4.98 Å². The maximum atomic E-state index is 4.55. The van der Waals surface area contributed by atoms with Gasteiger partial charge in [-0.2, -0.15) is 0 Å². The predicted molar refractivity (Wildman–Crippen MR) is 112 cm³/mol. The summed E-state index contributed by atoms with van der Waals surface area (Å²) in [5, 5.41) is 5.73. The van der Waals surface area contributed by atoms with Gasteiger partial charge in [0.15, 0.2) is 8.07 Å². The molecule has 0 amide bonds. The summed E-state index contributed by atoms with van der Waals surface area (Å²) in [7, 11) is -2.32. The molecule has 4 aromatic rings. The van der Waals surface area contributed by atoms with Gasteiger partial charge in [-0.15, -0.1) is 0 Å². The van der Waals surface area contributed by atoms with Gasteiger partial charge in [0.1, 0.15) is 0 Å². The quantitative estimate of drug-likeness (QED) is 0.447. The van der Waals surface area contributed by atoms with Crippen molar-refractivity contribution in [3.63, 3.8) is 0 Å². The summed E-state index contributed by atoms with van der Waals surface area (Å²) >= 11 is 0. The van der Waals surface area contributed by atoms with Gasteiger partial charge >= 0.3 is 0 Å². The van der Waals surface area contributed by atoms with Crippen molar-refractivity contribution in [3.8, 4) is 11.1 Å². The second-order valence-electron chi connectivity index (χ2n) is 6.90. The van der Waals surface area contributed by atoms with Crippen LogP contribution < -0.4 is 20.7 Å². The minimum Gasteiger partial charge on any atom is -0.265 e. The highest BCUT2D eigenvalue weighted by Crippen LogP contribution is 2.30. The Morgan fingerprint density at radius 3 is 1.96 bits per heavy atom. The standard InChI is InChI=1S/C24H19NSi/c1-18-9-8-14-22-24(18)21-15-16-25-17-23(21)26(22,19-10-4-2-5-11-19)20-12-6-3-7-13-20/h2-17H,1H3. The fraction of sp³-hybridized carbons (Fsp3) is 0.0417. The number of hydrogen-bond donors (Lipinski definition) is 0. The molecular weight excluding hydrogens is 330 g/mol. The third-order valence-corrected chi connectivity index (χ3v) is 10.4. The lowest BCUT2D eigenvalue weighted by Gasteiger charge is -2.31. The zero-order chi connectivity index (χ0) is 17.6. The van der Waals surface area contributed by atoms with Gasteiger partial charge in [-0.25, -0.2) is 0 Å². The van der Waals surface area contributed by atoms with E-state index in [1.165, 1.54) is 37.4 Å². The molecule has 0 N–H and O–H groups in total. The van der Waals surface area contributed by atoms with E-state index in [2.05, 4.69) is 103 Å². The van der Waals surface area contributed by atoms with E-state index in [9.17, 15) is 0 Å². The monoisotopic (exact) mass is 349 g/mol. The van der Waals surface area contributed by atoms with Crippen LogP contribution in [-0.2, 0) is 0 Å². The van der Waals surface area contributed by atoms with Gasteiger partial charge < -0.3 is 0 Å². The lowest BCUT2D eigenvalue weighted by molar-refractivity contribution is 1.35. The molecule has 0 fully saturated rings. The summed E-state index contributed by atoms with van der Waals surface area (Å²) < 4.78 is 0. The molecule has 124 valence electrons. The van der Waals surface area contributed by atoms with Crippen molar-refractivity contribution in [2.45, 2.75) is 6.92 Å². The molecule has 2 heterocycles. The SMILES string of the molecule is Cc1cccc2c1-c1ccncc1[Si]2(c1ccccc1)c1ccccc1. The molecule has 5 rings (SSSR count). The summed E-state index contributed by atoms with van der Waals surface area (Å²) in [6, 6.07) is 31.0. The zero-order valence-corrected chi connectivity index (χ0v) is 15.7. The van der Waals surface area contributed by atoms with E-state index < -0.39 is 8.07 Å². The molecule has 3 aromatic carbocycles. The average molecular weight is 350 g/mol. The van der Waals surface area contributed by atoms with Crippen LogP contribution in [0, 0.1) is 6.92 Å². The Kier molecular flexibility index (Phi) is 3.40. The average Bonchev–Trinajstić information content (AvgIpc) is 3.02. The minimum absolute atomic E-state index is 1.34. The number of hydrogen-bond acceptors (Lipinski definition) is 1. The van der Waals surface area contributed by atoms with Crippen molar-refractivity contribution in [1.29, 1.82) is 0 Å². The lowest BCUT2D eigenvalue weighted by Crippen LogP contribution is -2.72. The third kappa shape index (κ3) is 1.93. The minimum atomic E-state index is -2.32. The summed E-state index contributed by atoms with van der Waals surface area (Å²) in [5.74, 6) is 0. The van der Waals surface area contributed by atoms with Crippen LogP contribution >= 0.6 is 0 Å². The number of aromatic nitrogens is 1. The number of benzene rings is 3. The van der Waals surface area contributed by atoms with Gasteiger partial charge in [-0.1, -0.05) is 78.9 Å². The van der Waals surface area contributed by atoms with E-state index in [-0.39, 0.29) is 0 Å². The van der Waals surface area contributed by atoms with E-state index in [0.29, 0.717) is 0 Å². The van der Waals surface area contributed by atoms with Crippen LogP contribution in [0.1, 0.15) is 5.56 Å². The number of pyridine rings is 1. The Hall–Kier alpha value is -2.97. The molecule has 1 nitrogen and oxygen atoms in total. The molecule has 2 heteroatoms. The lowest BCUT2D eigenvalue weighted by atomic mass is 10.0. The topological polar surface area (TPSA) is 12.9 Å². The molecule has 0 bridgehead atoms. The van der Waals surface area contributed by atoms with Gasteiger partial charge in [0.25, 0.3) is 0 Å². The van der Waals surface area contributed by atoms with Gasteiger partial charge in [0.2, 0.25) is 0 Å². The fourth-order valence-corrected chi connectivity index (χ4v) is 9.75. The molecule has 0 atom stereocenters. The first-order valence-electron chi connectivity index (χ1n) is 8.99. The van der Waals surface area contributed by atoms with Crippen LogP contribution in [0.15, 0.2) is 97.3 Å². The first-order valence-corrected chi connectivity index (χ1v) is 11.0. The van der Waals surface area contributed by atoms with E-state index in [1.54, 1.807) is 0 Å². The van der Waals surface area contributed by atoms with E-state index in [4.69, 9.17) is 0 Å². The Labute approximate surface area is 155 Å². The van der Waals surface area contributed by atoms with Crippen LogP contribution in [0.3, 0.4) is 0 Å². The van der Waals surface area contributed by atoms with Gasteiger partial charge in [0, 0.05) is 12.4 Å². The van der Waals surface area contributed by atoms with Crippen molar-refractivity contribution in [3.05, 3.63) is 103 Å². The van der Waals surface area contributed by atoms with Crippen LogP contribution in [0.2, 0.25) is 0 Å². The second-order valence-corrected chi connectivity index (χ2v) is 10.6. The molecule has 0 aliphatic carbocycles. The Morgan fingerprint density at radius 1 is 0.654 bits per heavy atom. The van der Waals surface area contributed by atoms with Crippen molar-refractivity contribution in [1.82, 2.24) is 4.98 Å². The number of aryl methyl sites for hydroxylation is 1. The maximum Gasteiger partial charge on any atom is 0.182 e. The molecule has 26 heavy (non-hydrogen) atoms. The van der Waals surface area contributed by atoms with E-state index >= 15 is 0 Å². The van der Waals surface area contributed by atoms with Gasteiger partial charge in [-0.05, 0) is 50.4 Å². The molecule has 0 radical (unpaired) electrons. The highest BCUT2D eigenvalue weighted by molar-refractivity contribution is 7.22. The first-order chi connectivity index (χ1) is 12.8. The smallest absolute Gasteiger partial charge is 0.182 e. The van der Waals surface area contributed by atoms with Crippen LogP contribution in [0.4, 0.5) is 0 Å². The van der Waals surface area contributed by atoms with Crippen molar-refractivity contribution in [2.75, 3.05) is 0 Å². The van der Waals surface area contributed by atoms with Crippen LogP contribution in [0.25, 0.3) is 11.1 Å². The van der Waals surface area contributed by atoms with Crippen LogP contribution in [0.5, 0.6) is 0 Å². The van der Waals surface area contributed by atoms with E-state index in [1.807, 2.05) is 6.20 Å². The Morgan fingerprint density at radius 2 is 1.31 bits per heavy atom. The second kappa shape index (κ2) is 5.79. The highest BCUT2D eigenvalue weighted by atomic mass is 28.3. The Bertz CT molecular complexity index is 1050. The van der Waals surface area contributed by atoms with Crippen molar-refractivity contribution < 1.29 is 0 Å². The zero-order valence-electron chi connectivity index (χ0n) is 14.7. The summed E-state index contributed by atoms with van der Waals surface area (Å²) in [6.45, 7) is 2.23. The summed E-state index contributed by atoms with van der Waals surface area (Å²) in [5.41, 5.74) is 4.10. The highest BCUT2D eigenvalue weighted by Gasteiger charge is 2.49. The first kappa shape index (κ1) is 15.3. The molecule has 1 aliphatic rings. The van der Waals surface area contributed by atoms with Crippen LogP contribution in [-0.4, -0.2) is 13.1 Å². The molecule has 1 aromatic heterocycles. The normalized spacial score (nSPS) is 13.9. The van der Waals surface area contributed by atoms with Crippen molar-refractivity contribution in [2.24, 2.45) is 0 Å². The summed E-state index contributed by atoms with van der Waals surface area (Å²) in [6.07, 6.45) is 4.04.